The first-order chi connectivity index (χ1) is 9.80. The molecule has 0 unspecified atom stereocenters. The lowest BCUT2D eigenvalue weighted by molar-refractivity contribution is 0.0990. The minimum Gasteiger partial charge on any atom is -0.294 e. The second-order valence-corrected chi connectivity index (χ2v) is 6.77. The molecule has 1 heteroatoms. The van der Waals surface area contributed by atoms with Crippen molar-refractivity contribution < 1.29 is 4.79 Å². The maximum Gasteiger partial charge on any atom is 0.167 e. The predicted molar refractivity (Wildman–Crippen MR) is 89.1 cm³/mol. The average Bonchev–Trinajstić information content (AvgIpc) is 2.42. The van der Waals surface area contributed by atoms with Crippen molar-refractivity contribution in [2.45, 2.75) is 46.5 Å². The molecule has 0 aliphatic heterocycles. The Morgan fingerprint density at radius 2 is 1.48 bits per heavy atom. The third-order valence-corrected chi connectivity index (χ3v) is 4.02. The Hall–Kier alpha value is -1.89. The minimum absolute atomic E-state index is 0.0208. The molecule has 0 aromatic heterocycles. The van der Waals surface area contributed by atoms with E-state index >= 15 is 0 Å². The van der Waals surface area contributed by atoms with Gasteiger partial charge in [-0.25, -0.2) is 0 Å². The van der Waals surface area contributed by atoms with Crippen molar-refractivity contribution >= 4 is 5.78 Å². The lowest BCUT2D eigenvalue weighted by Crippen LogP contribution is -2.18. The number of benzene rings is 2. The molecule has 0 aliphatic rings. The summed E-state index contributed by atoms with van der Waals surface area (Å²) < 4.78 is 0. The number of rotatable bonds is 3. The average molecular weight is 280 g/mol. The second kappa shape index (κ2) is 5.85. The van der Waals surface area contributed by atoms with Crippen LogP contribution in [0.2, 0.25) is 0 Å². The first-order valence-corrected chi connectivity index (χ1v) is 7.48. The fraction of sp³-hybridized carbons (Fsp3) is 0.350. The van der Waals surface area contributed by atoms with Gasteiger partial charge in [-0.1, -0.05) is 63.2 Å². The van der Waals surface area contributed by atoms with Crippen LogP contribution in [0.3, 0.4) is 0 Å². The van der Waals surface area contributed by atoms with Crippen LogP contribution in [0.25, 0.3) is 0 Å². The number of hydrogen-bond donors (Lipinski definition) is 0. The van der Waals surface area contributed by atoms with Gasteiger partial charge in [0.1, 0.15) is 0 Å². The predicted octanol–water partition coefficient (Wildman–Crippen LogP) is 5.03. The van der Waals surface area contributed by atoms with Gasteiger partial charge in [0.25, 0.3) is 0 Å². The van der Waals surface area contributed by atoms with E-state index in [2.05, 4.69) is 52.8 Å². The zero-order chi connectivity index (χ0) is 15.6. The number of ketones is 1. The summed E-state index contributed by atoms with van der Waals surface area (Å²) in [7, 11) is 0. The van der Waals surface area contributed by atoms with Crippen LogP contribution in [0.5, 0.6) is 0 Å². The lowest BCUT2D eigenvalue weighted by Gasteiger charge is -2.22. The smallest absolute Gasteiger partial charge is 0.167 e. The van der Waals surface area contributed by atoms with Crippen LogP contribution < -0.4 is 0 Å². The van der Waals surface area contributed by atoms with E-state index in [-0.39, 0.29) is 11.2 Å². The molecule has 0 fully saturated rings. The van der Waals surface area contributed by atoms with Crippen LogP contribution in [-0.4, -0.2) is 5.78 Å². The summed E-state index contributed by atoms with van der Waals surface area (Å²) in [6.07, 6.45) is 0.478. The largest absolute Gasteiger partial charge is 0.294 e. The highest BCUT2D eigenvalue weighted by Crippen LogP contribution is 2.27. The van der Waals surface area contributed by atoms with E-state index in [0.717, 1.165) is 16.7 Å². The lowest BCUT2D eigenvalue weighted by atomic mass is 9.81. The Morgan fingerprint density at radius 1 is 0.905 bits per heavy atom. The van der Waals surface area contributed by atoms with Gasteiger partial charge in [0.2, 0.25) is 0 Å². The van der Waals surface area contributed by atoms with Crippen LogP contribution in [0.1, 0.15) is 53.4 Å². The molecule has 0 spiro atoms. The normalized spacial score (nSPS) is 11.5. The molecule has 0 amide bonds. The van der Waals surface area contributed by atoms with Crippen molar-refractivity contribution in [3.63, 3.8) is 0 Å². The van der Waals surface area contributed by atoms with E-state index in [9.17, 15) is 4.79 Å². The summed E-state index contributed by atoms with van der Waals surface area (Å²) in [4.78, 5) is 12.8. The fourth-order valence-corrected chi connectivity index (χ4v) is 2.76. The van der Waals surface area contributed by atoms with Crippen LogP contribution in [-0.2, 0) is 11.8 Å². The molecular formula is C20H24O. The number of carbonyl (C=O) groups is 1. The molecule has 2 aromatic carbocycles. The highest BCUT2D eigenvalue weighted by Gasteiger charge is 2.21. The highest BCUT2D eigenvalue weighted by molar-refractivity contribution is 5.99. The van der Waals surface area contributed by atoms with Gasteiger partial charge in [-0.05, 0) is 41.5 Å². The molecular weight excluding hydrogens is 256 g/mol. The monoisotopic (exact) mass is 280 g/mol. The molecule has 0 aliphatic carbocycles. The molecule has 0 saturated carbocycles. The molecule has 0 heterocycles. The first-order valence-electron chi connectivity index (χ1n) is 7.48. The molecule has 0 N–H and O–H groups in total. The molecule has 0 atom stereocenters. The summed E-state index contributed by atoms with van der Waals surface area (Å²) in [5, 5.41) is 0. The van der Waals surface area contributed by atoms with E-state index < -0.39 is 0 Å². The first kappa shape index (κ1) is 15.5. The van der Waals surface area contributed by atoms with Crippen LogP contribution in [0, 0.1) is 13.8 Å². The van der Waals surface area contributed by atoms with Gasteiger partial charge in [-0.3, -0.25) is 4.79 Å². The number of Topliss-reactive ketones (excluding diaryl/α,β-unsaturated/α-hetero) is 1. The van der Waals surface area contributed by atoms with E-state index in [0.29, 0.717) is 6.42 Å². The Bertz CT molecular complexity index is 640. The molecule has 0 bridgehead atoms. The highest BCUT2D eigenvalue weighted by atomic mass is 16.1. The molecule has 110 valence electrons. The van der Waals surface area contributed by atoms with Gasteiger partial charge < -0.3 is 0 Å². The molecule has 0 saturated heterocycles. The molecule has 1 nitrogen and oxygen atoms in total. The van der Waals surface area contributed by atoms with Crippen molar-refractivity contribution in [3.05, 3.63) is 70.3 Å². The quantitative estimate of drug-likeness (QED) is 0.721. The minimum atomic E-state index is -0.0208. The third-order valence-electron chi connectivity index (χ3n) is 4.02. The topological polar surface area (TPSA) is 17.1 Å². The zero-order valence-corrected chi connectivity index (χ0v) is 13.7. The van der Waals surface area contributed by atoms with Crippen LogP contribution >= 0.6 is 0 Å². The Balaban J connectivity index is 2.38. The second-order valence-electron chi connectivity index (χ2n) is 6.77. The van der Waals surface area contributed by atoms with Gasteiger partial charge in [0, 0.05) is 12.0 Å². The Morgan fingerprint density at radius 3 is 2.05 bits per heavy atom. The van der Waals surface area contributed by atoms with E-state index in [1.54, 1.807) is 0 Å². The zero-order valence-electron chi connectivity index (χ0n) is 13.7. The number of hydrogen-bond acceptors (Lipinski definition) is 1. The van der Waals surface area contributed by atoms with Crippen molar-refractivity contribution in [2.24, 2.45) is 0 Å². The Kier molecular flexibility index (Phi) is 4.32. The van der Waals surface area contributed by atoms with Gasteiger partial charge in [-0.2, -0.15) is 0 Å². The van der Waals surface area contributed by atoms with Crippen molar-refractivity contribution in [3.8, 4) is 0 Å². The summed E-state index contributed by atoms with van der Waals surface area (Å²) in [6, 6.07) is 14.2. The molecule has 21 heavy (non-hydrogen) atoms. The summed E-state index contributed by atoms with van der Waals surface area (Å²) in [5.41, 5.74) is 5.50. The maximum atomic E-state index is 12.8. The van der Waals surface area contributed by atoms with Crippen molar-refractivity contribution in [1.82, 2.24) is 0 Å². The number of carbonyl (C=O) groups excluding carboxylic acids is 1. The van der Waals surface area contributed by atoms with Crippen LogP contribution in [0.15, 0.2) is 42.5 Å². The molecule has 0 radical (unpaired) electrons. The van der Waals surface area contributed by atoms with Crippen LogP contribution in [0.4, 0.5) is 0 Å². The van der Waals surface area contributed by atoms with Gasteiger partial charge in [0.05, 0.1) is 0 Å². The van der Waals surface area contributed by atoms with E-state index in [1.807, 2.05) is 24.3 Å². The molecule has 2 aromatic rings. The van der Waals surface area contributed by atoms with Crippen molar-refractivity contribution in [2.75, 3.05) is 0 Å². The van der Waals surface area contributed by atoms with E-state index in [4.69, 9.17) is 0 Å². The summed E-state index contributed by atoms with van der Waals surface area (Å²) in [6.45, 7) is 10.6. The van der Waals surface area contributed by atoms with E-state index in [1.165, 1.54) is 11.1 Å². The summed E-state index contributed by atoms with van der Waals surface area (Å²) >= 11 is 0. The van der Waals surface area contributed by atoms with Crippen molar-refractivity contribution in [1.29, 1.82) is 0 Å². The van der Waals surface area contributed by atoms with Gasteiger partial charge in [0.15, 0.2) is 5.78 Å². The Labute approximate surface area is 128 Å². The molecule has 2 rings (SSSR count). The standard InChI is InChI=1S/C20H24O/c1-14-9-8-10-15(2)17(14)13-19(21)16-11-6-7-12-18(16)20(3,4)5/h6-12H,13H2,1-5H3. The fourth-order valence-electron chi connectivity index (χ4n) is 2.76. The van der Waals surface area contributed by atoms with Gasteiger partial charge >= 0.3 is 0 Å². The maximum absolute atomic E-state index is 12.8. The summed E-state index contributed by atoms with van der Waals surface area (Å²) in [5.74, 6) is 0.206. The number of aryl methyl sites for hydroxylation is 2. The van der Waals surface area contributed by atoms with Gasteiger partial charge in [-0.15, -0.1) is 0 Å². The third kappa shape index (κ3) is 3.41. The SMILES string of the molecule is Cc1cccc(C)c1CC(=O)c1ccccc1C(C)(C)C.